The third-order valence-corrected chi connectivity index (χ3v) is 11.5. The summed E-state index contributed by atoms with van der Waals surface area (Å²) >= 11 is 1.41. The Labute approximate surface area is 246 Å². The molecule has 3 heterocycles. The fourth-order valence-corrected chi connectivity index (χ4v) is 10.0. The van der Waals surface area contributed by atoms with E-state index in [0.29, 0.717) is 11.1 Å². The number of carbonyl (C=O) groups excluding carboxylic acids is 1. The molecule has 2 atom stereocenters. The van der Waals surface area contributed by atoms with Gasteiger partial charge in [-0.15, -0.1) is 0 Å². The van der Waals surface area contributed by atoms with Crippen LogP contribution >= 0.6 is 11.8 Å². The molecular formula is C32H35N3O4S2. The standard InChI is InChI=1S/C32H35N3O4S2/c1-39-28-13-7-24(8-14-28)20-31(36)33-32-35(29-21-41(37,38)22-30(29)40-32)27-11-9-26(10-12-27)34-17-15-25(16-18-34)19-23-5-3-2-4-6-23/h2-14,25,29-30H,15-22H2,1H3/t29-,30-/m1/s1. The smallest absolute Gasteiger partial charge is 0.252 e. The molecule has 3 aliphatic rings. The molecule has 0 bridgehead atoms. The molecule has 3 aromatic rings. The number of nitrogens with zero attached hydrogens (tertiary/aromatic N) is 3. The van der Waals surface area contributed by atoms with Gasteiger partial charge in [-0.3, -0.25) is 4.79 Å². The Morgan fingerprint density at radius 3 is 2.27 bits per heavy atom. The second-order valence-electron chi connectivity index (χ2n) is 11.1. The number of benzene rings is 3. The van der Waals surface area contributed by atoms with Crippen LogP contribution in [0.2, 0.25) is 0 Å². The molecule has 3 aromatic carbocycles. The number of anilines is 2. The highest BCUT2D eigenvalue weighted by molar-refractivity contribution is 8.16. The number of sulfone groups is 1. The summed E-state index contributed by atoms with van der Waals surface area (Å²) in [7, 11) is -1.52. The number of hydrogen-bond donors (Lipinski definition) is 0. The van der Waals surface area contributed by atoms with Crippen LogP contribution in [0.15, 0.2) is 83.9 Å². The summed E-state index contributed by atoms with van der Waals surface area (Å²) in [6.45, 7) is 2.04. The number of thioether (sulfide) groups is 1. The number of amides is 1. The number of carbonyl (C=O) groups is 1. The topological polar surface area (TPSA) is 79.3 Å². The van der Waals surface area contributed by atoms with Crippen molar-refractivity contribution in [3.63, 3.8) is 0 Å². The molecule has 41 heavy (non-hydrogen) atoms. The molecule has 1 amide bonds. The Kier molecular flexibility index (Phi) is 8.08. The number of ether oxygens (including phenoxy) is 1. The molecule has 9 heteroatoms. The summed E-state index contributed by atoms with van der Waals surface area (Å²) in [5.74, 6) is 1.37. The van der Waals surface area contributed by atoms with Gasteiger partial charge in [-0.1, -0.05) is 54.2 Å². The lowest BCUT2D eigenvalue weighted by Gasteiger charge is -2.34. The van der Waals surface area contributed by atoms with Crippen LogP contribution in [0.4, 0.5) is 11.4 Å². The lowest BCUT2D eigenvalue weighted by Crippen LogP contribution is -2.38. The van der Waals surface area contributed by atoms with Crippen molar-refractivity contribution in [2.45, 2.75) is 37.0 Å². The zero-order valence-corrected chi connectivity index (χ0v) is 24.8. The molecule has 0 unspecified atom stereocenters. The summed E-state index contributed by atoms with van der Waals surface area (Å²) in [6.07, 6.45) is 3.63. The second-order valence-corrected chi connectivity index (χ2v) is 14.5. The fraction of sp³-hybridized carbons (Fsp3) is 0.375. The monoisotopic (exact) mass is 589 g/mol. The Morgan fingerprint density at radius 1 is 0.902 bits per heavy atom. The number of aliphatic imine (C=N–C) groups is 1. The quantitative estimate of drug-likeness (QED) is 0.384. The van der Waals surface area contributed by atoms with Gasteiger partial charge < -0.3 is 14.5 Å². The summed E-state index contributed by atoms with van der Waals surface area (Å²) in [5, 5.41) is 0.457. The molecular weight excluding hydrogens is 555 g/mol. The third kappa shape index (κ3) is 6.46. The molecule has 3 saturated heterocycles. The molecule has 0 radical (unpaired) electrons. The van der Waals surface area contributed by atoms with E-state index in [0.717, 1.165) is 49.4 Å². The van der Waals surface area contributed by atoms with Crippen molar-refractivity contribution < 1.29 is 17.9 Å². The minimum atomic E-state index is -3.13. The van der Waals surface area contributed by atoms with Crippen LogP contribution in [0, 0.1) is 5.92 Å². The second kappa shape index (κ2) is 11.9. The van der Waals surface area contributed by atoms with Crippen LogP contribution in [-0.2, 0) is 27.5 Å². The van der Waals surface area contributed by atoms with E-state index in [-0.39, 0.29) is 35.1 Å². The number of amidine groups is 1. The number of fused-ring (bicyclic) bond motifs is 1. The van der Waals surface area contributed by atoms with Gasteiger partial charge in [0.15, 0.2) is 15.0 Å². The molecule has 6 rings (SSSR count). The van der Waals surface area contributed by atoms with E-state index in [1.54, 1.807) is 7.11 Å². The lowest BCUT2D eigenvalue weighted by atomic mass is 9.90. The van der Waals surface area contributed by atoms with Gasteiger partial charge in [0.05, 0.1) is 31.1 Å². The van der Waals surface area contributed by atoms with Gasteiger partial charge in [0.25, 0.3) is 5.91 Å². The van der Waals surface area contributed by atoms with Crippen molar-refractivity contribution >= 4 is 44.0 Å². The van der Waals surface area contributed by atoms with Crippen LogP contribution in [0.1, 0.15) is 24.0 Å². The first-order valence-electron chi connectivity index (χ1n) is 14.2. The number of rotatable bonds is 7. The first-order valence-corrected chi connectivity index (χ1v) is 16.9. The minimum absolute atomic E-state index is 0.0764. The molecule has 0 spiro atoms. The largest absolute Gasteiger partial charge is 0.497 e. The van der Waals surface area contributed by atoms with Gasteiger partial charge in [-0.2, -0.15) is 4.99 Å². The zero-order chi connectivity index (χ0) is 28.4. The average Bonchev–Trinajstić information content (AvgIpc) is 3.45. The number of methoxy groups -OCH3 is 1. The van der Waals surface area contributed by atoms with Gasteiger partial charge in [-0.25, -0.2) is 8.42 Å². The van der Waals surface area contributed by atoms with Gasteiger partial charge in [-0.05, 0) is 72.7 Å². The molecule has 3 fully saturated rings. The predicted molar refractivity (Wildman–Crippen MR) is 167 cm³/mol. The van der Waals surface area contributed by atoms with Crippen LogP contribution in [0.25, 0.3) is 0 Å². The highest BCUT2D eigenvalue weighted by Gasteiger charge is 2.49. The number of hydrogen-bond acceptors (Lipinski definition) is 6. The van der Waals surface area contributed by atoms with Crippen molar-refractivity contribution in [1.29, 1.82) is 0 Å². The van der Waals surface area contributed by atoms with Crippen molar-refractivity contribution in [2.24, 2.45) is 10.9 Å². The molecule has 0 aromatic heterocycles. The molecule has 3 aliphatic heterocycles. The third-order valence-electron chi connectivity index (χ3n) is 8.28. The van der Waals surface area contributed by atoms with E-state index in [2.05, 4.69) is 52.4 Å². The van der Waals surface area contributed by atoms with Gasteiger partial charge in [0, 0.05) is 29.7 Å². The first kappa shape index (κ1) is 27.8. The van der Waals surface area contributed by atoms with Crippen LogP contribution in [0.3, 0.4) is 0 Å². The van der Waals surface area contributed by atoms with Crippen molar-refractivity contribution in [3.8, 4) is 5.75 Å². The maximum atomic E-state index is 13.0. The van der Waals surface area contributed by atoms with Gasteiger partial charge in [0.1, 0.15) is 5.75 Å². The van der Waals surface area contributed by atoms with Crippen LogP contribution in [-0.4, -0.2) is 62.5 Å². The summed E-state index contributed by atoms with van der Waals surface area (Å²) in [6, 6.07) is 26.2. The maximum Gasteiger partial charge on any atom is 0.252 e. The van der Waals surface area contributed by atoms with E-state index in [1.165, 1.54) is 23.0 Å². The van der Waals surface area contributed by atoms with Gasteiger partial charge in [0.2, 0.25) is 0 Å². The molecule has 0 saturated carbocycles. The summed E-state index contributed by atoms with van der Waals surface area (Å²) in [4.78, 5) is 21.9. The van der Waals surface area contributed by atoms with E-state index in [1.807, 2.05) is 41.3 Å². The Morgan fingerprint density at radius 2 is 1.59 bits per heavy atom. The number of piperidine rings is 1. The molecule has 214 valence electrons. The first-order chi connectivity index (χ1) is 19.9. The Bertz CT molecular complexity index is 1500. The average molecular weight is 590 g/mol. The van der Waals surface area contributed by atoms with E-state index in [4.69, 9.17) is 4.74 Å². The fourth-order valence-electron chi connectivity index (χ4n) is 6.10. The molecule has 0 N–H and O–H groups in total. The predicted octanol–water partition coefficient (Wildman–Crippen LogP) is 5.00. The zero-order valence-electron chi connectivity index (χ0n) is 23.2. The van der Waals surface area contributed by atoms with Crippen molar-refractivity contribution in [2.75, 3.05) is 41.5 Å². The Balaban J connectivity index is 1.15. The minimum Gasteiger partial charge on any atom is -0.497 e. The maximum absolute atomic E-state index is 13.0. The van der Waals surface area contributed by atoms with Crippen molar-refractivity contribution in [1.82, 2.24) is 0 Å². The van der Waals surface area contributed by atoms with Crippen LogP contribution in [0.5, 0.6) is 5.75 Å². The highest BCUT2D eigenvalue weighted by Crippen LogP contribution is 2.41. The van der Waals surface area contributed by atoms with Crippen molar-refractivity contribution in [3.05, 3.63) is 90.0 Å². The lowest BCUT2D eigenvalue weighted by molar-refractivity contribution is -0.117. The summed E-state index contributed by atoms with van der Waals surface area (Å²) in [5.41, 5.74) is 4.31. The SMILES string of the molecule is COc1ccc(CC(=O)N=C2S[C@@H]3CS(=O)(=O)C[C@H]3N2c2ccc(N3CCC(Cc4ccccc4)CC3)cc2)cc1. The van der Waals surface area contributed by atoms with E-state index in [9.17, 15) is 13.2 Å². The van der Waals surface area contributed by atoms with E-state index < -0.39 is 9.84 Å². The highest BCUT2D eigenvalue weighted by atomic mass is 32.2. The normalized spacial score (nSPS) is 23.1. The van der Waals surface area contributed by atoms with Crippen LogP contribution < -0.4 is 14.5 Å². The van der Waals surface area contributed by atoms with E-state index >= 15 is 0 Å². The van der Waals surface area contributed by atoms with Gasteiger partial charge >= 0.3 is 0 Å². The summed E-state index contributed by atoms with van der Waals surface area (Å²) < 4.78 is 30.2. The molecule has 7 nitrogen and oxygen atoms in total. The molecule has 0 aliphatic carbocycles. The Hall–Kier alpha value is -3.30.